The summed E-state index contributed by atoms with van der Waals surface area (Å²) in [5.41, 5.74) is 1.10. The largest absolute Gasteiger partial charge is 0.119 e. The summed E-state index contributed by atoms with van der Waals surface area (Å²) in [5.74, 6) is 0. The highest BCUT2D eigenvalue weighted by Crippen LogP contribution is 2.31. The van der Waals surface area contributed by atoms with Crippen molar-refractivity contribution >= 4 is 8.58 Å². The summed E-state index contributed by atoms with van der Waals surface area (Å²) in [6.07, 6.45) is 25.5. The molecular formula is C19H39P. The van der Waals surface area contributed by atoms with Gasteiger partial charge >= 0.3 is 0 Å². The van der Waals surface area contributed by atoms with Gasteiger partial charge in [-0.2, -0.15) is 0 Å². The lowest BCUT2D eigenvalue weighted by Gasteiger charge is -2.18. The van der Waals surface area contributed by atoms with Crippen molar-refractivity contribution in [2.45, 2.75) is 115 Å². The van der Waals surface area contributed by atoms with Crippen LogP contribution in [0.25, 0.3) is 0 Å². The number of hydrogen-bond acceptors (Lipinski definition) is 0. The maximum Gasteiger partial charge on any atom is -0.0237 e. The molecule has 0 N–H and O–H groups in total. The van der Waals surface area contributed by atoms with E-state index in [4.69, 9.17) is 0 Å². The minimum Gasteiger partial charge on any atom is -0.119 e. The van der Waals surface area contributed by atoms with Gasteiger partial charge < -0.3 is 0 Å². The van der Waals surface area contributed by atoms with E-state index < -0.39 is 0 Å². The summed E-state index contributed by atoms with van der Waals surface area (Å²) in [6, 6.07) is 0. The second-order valence-electron chi connectivity index (χ2n) is 6.82. The summed E-state index contributed by atoms with van der Waals surface area (Å²) in [5, 5.41) is 0. The SMILES string of the molecule is CCCCCCCCCPC1CCCCCCCCC1. The number of unbranched alkanes of at least 4 members (excludes halogenated alkanes) is 6. The summed E-state index contributed by atoms with van der Waals surface area (Å²) < 4.78 is 0. The molecule has 0 aromatic heterocycles. The fourth-order valence-corrected chi connectivity index (χ4v) is 5.08. The van der Waals surface area contributed by atoms with Crippen LogP contribution in [0.4, 0.5) is 0 Å². The van der Waals surface area contributed by atoms with Crippen LogP contribution in [0.1, 0.15) is 110 Å². The molecule has 0 aromatic rings. The van der Waals surface area contributed by atoms with Crippen LogP contribution in [-0.2, 0) is 0 Å². The van der Waals surface area contributed by atoms with Crippen LogP contribution < -0.4 is 0 Å². The van der Waals surface area contributed by atoms with E-state index in [2.05, 4.69) is 6.92 Å². The third-order valence-electron chi connectivity index (χ3n) is 4.82. The molecule has 0 saturated heterocycles. The molecule has 120 valence electrons. The molecule has 1 aliphatic rings. The van der Waals surface area contributed by atoms with Crippen molar-refractivity contribution in [3.63, 3.8) is 0 Å². The van der Waals surface area contributed by atoms with E-state index in [0.29, 0.717) is 0 Å². The first-order chi connectivity index (χ1) is 9.93. The third kappa shape index (κ3) is 11.1. The van der Waals surface area contributed by atoms with Crippen LogP contribution >= 0.6 is 8.58 Å². The molecule has 0 amide bonds. The van der Waals surface area contributed by atoms with Crippen molar-refractivity contribution in [3.8, 4) is 0 Å². The lowest BCUT2D eigenvalue weighted by Crippen LogP contribution is -2.03. The number of hydrogen-bond donors (Lipinski definition) is 0. The monoisotopic (exact) mass is 298 g/mol. The Morgan fingerprint density at radius 2 is 1.15 bits per heavy atom. The highest BCUT2D eigenvalue weighted by molar-refractivity contribution is 7.38. The lowest BCUT2D eigenvalue weighted by atomic mass is 10.0. The molecule has 1 aliphatic carbocycles. The van der Waals surface area contributed by atoms with Gasteiger partial charge in [0.1, 0.15) is 0 Å². The average Bonchev–Trinajstić information content (AvgIpc) is 2.48. The molecule has 0 aliphatic heterocycles. The fourth-order valence-electron chi connectivity index (χ4n) is 3.40. The normalized spacial score (nSPS) is 19.6. The Labute approximate surface area is 130 Å². The molecule has 1 saturated carbocycles. The molecular weight excluding hydrogens is 259 g/mol. The molecule has 0 nitrogen and oxygen atoms in total. The molecule has 1 atom stereocenters. The summed E-state index contributed by atoms with van der Waals surface area (Å²) in [4.78, 5) is 0. The molecule has 0 radical (unpaired) electrons. The van der Waals surface area contributed by atoms with Crippen molar-refractivity contribution in [1.29, 1.82) is 0 Å². The molecule has 1 rings (SSSR count). The van der Waals surface area contributed by atoms with E-state index in [1.807, 2.05) is 0 Å². The highest BCUT2D eigenvalue weighted by Gasteiger charge is 2.09. The van der Waals surface area contributed by atoms with Gasteiger partial charge in [-0.1, -0.05) is 90.4 Å². The van der Waals surface area contributed by atoms with E-state index in [9.17, 15) is 0 Å². The molecule has 1 heteroatoms. The van der Waals surface area contributed by atoms with Crippen molar-refractivity contribution in [2.24, 2.45) is 0 Å². The second-order valence-corrected chi connectivity index (χ2v) is 8.55. The zero-order valence-electron chi connectivity index (χ0n) is 14.1. The maximum absolute atomic E-state index is 2.31. The smallest absolute Gasteiger partial charge is 0.0237 e. The van der Waals surface area contributed by atoms with Crippen molar-refractivity contribution < 1.29 is 0 Å². The molecule has 0 bridgehead atoms. The van der Waals surface area contributed by atoms with Gasteiger partial charge in [-0.25, -0.2) is 0 Å². The topological polar surface area (TPSA) is 0 Å². The zero-order valence-corrected chi connectivity index (χ0v) is 15.1. The predicted octanol–water partition coefficient (Wildman–Crippen LogP) is 7.31. The van der Waals surface area contributed by atoms with E-state index in [1.54, 1.807) is 19.0 Å². The van der Waals surface area contributed by atoms with Gasteiger partial charge in [-0.05, 0) is 31.1 Å². The van der Waals surface area contributed by atoms with Gasteiger partial charge in [0, 0.05) is 0 Å². The first-order valence-corrected chi connectivity index (χ1v) is 11.0. The van der Waals surface area contributed by atoms with Crippen LogP contribution in [0.5, 0.6) is 0 Å². The Morgan fingerprint density at radius 1 is 0.650 bits per heavy atom. The quantitative estimate of drug-likeness (QED) is 0.309. The van der Waals surface area contributed by atoms with Gasteiger partial charge in [0.05, 0.1) is 0 Å². The van der Waals surface area contributed by atoms with Crippen molar-refractivity contribution in [2.75, 3.05) is 6.16 Å². The third-order valence-corrected chi connectivity index (χ3v) is 6.62. The molecule has 0 aromatic carbocycles. The summed E-state index contributed by atoms with van der Waals surface area (Å²) in [7, 11) is 1.28. The molecule has 1 fully saturated rings. The average molecular weight is 298 g/mol. The Balaban J connectivity index is 1.95. The first kappa shape index (κ1) is 18.5. The predicted molar refractivity (Wildman–Crippen MR) is 96.5 cm³/mol. The second kappa shape index (κ2) is 14.4. The zero-order chi connectivity index (χ0) is 14.3. The van der Waals surface area contributed by atoms with Crippen LogP contribution in [0.2, 0.25) is 0 Å². The van der Waals surface area contributed by atoms with Gasteiger partial charge in [0.2, 0.25) is 0 Å². The Hall–Kier alpha value is 0.430. The number of rotatable bonds is 9. The summed E-state index contributed by atoms with van der Waals surface area (Å²) >= 11 is 0. The highest BCUT2D eigenvalue weighted by atomic mass is 31.1. The Morgan fingerprint density at radius 3 is 1.75 bits per heavy atom. The van der Waals surface area contributed by atoms with Crippen LogP contribution in [0, 0.1) is 0 Å². The first-order valence-electron chi connectivity index (χ1n) is 9.67. The maximum atomic E-state index is 2.31. The Bertz CT molecular complexity index is 180. The van der Waals surface area contributed by atoms with Crippen LogP contribution in [-0.4, -0.2) is 11.8 Å². The van der Waals surface area contributed by atoms with Gasteiger partial charge in [-0.15, -0.1) is 8.58 Å². The fraction of sp³-hybridized carbons (Fsp3) is 1.00. The lowest BCUT2D eigenvalue weighted by molar-refractivity contribution is 0.509. The van der Waals surface area contributed by atoms with E-state index in [0.717, 1.165) is 5.66 Å². The van der Waals surface area contributed by atoms with E-state index >= 15 is 0 Å². The standard InChI is InChI=1S/C19H39P/c1-2-3-4-5-9-12-15-18-20-19-16-13-10-7-6-8-11-14-17-19/h19-20H,2-18H2,1H3. The van der Waals surface area contributed by atoms with Gasteiger partial charge in [0.15, 0.2) is 0 Å². The van der Waals surface area contributed by atoms with E-state index in [1.165, 1.54) is 98.5 Å². The molecule has 1 unspecified atom stereocenters. The van der Waals surface area contributed by atoms with Crippen molar-refractivity contribution in [3.05, 3.63) is 0 Å². The van der Waals surface area contributed by atoms with Crippen LogP contribution in [0.15, 0.2) is 0 Å². The van der Waals surface area contributed by atoms with Crippen LogP contribution in [0.3, 0.4) is 0 Å². The molecule has 0 spiro atoms. The minimum absolute atomic E-state index is 1.10. The van der Waals surface area contributed by atoms with Gasteiger partial charge in [-0.3, -0.25) is 0 Å². The molecule has 0 heterocycles. The van der Waals surface area contributed by atoms with Crippen molar-refractivity contribution in [1.82, 2.24) is 0 Å². The van der Waals surface area contributed by atoms with Gasteiger partial charge in [0.25, 0.3) is 0 Å². The Kier molecular flexibility index (Phi) is 13.3. The minimum atomic E-state index is 1.10. The summed E-state index contributed by atoms with van der Waals surface area (Å²) in [6.45, 7) is 2.31. The van der Waals surface area contributed by atoms with E-state index in [-0.39, 0.29) is 0 Å². The molecule has 20 heavy (non-hydrogen) atoms.